The van der Waals surface area contributed by atoms with Gasteiger partial charge in [0.05, 0.1) is 0 Å². The molecule has 2 rings (SSSR count). The second-order valence-electron chi connectivity index (χ2n) is 7.27. The molecule has 5 nitrogen and oxygen atoms in total. The van der Waals surface area contributed by atoms with Crippen molar-refractivity contribution in [2.24, 2.45) is 5.92 Å². The number of hydrogen-bond donors (Lipinski definition) is 2. The van der Waals surface area contributed by atoms with Crippen LogP contribution in [0.4, 0.5) is 0 Å². The first-order chi connectivity index (χ1) is 9.89. The first-order valence-electron chi connectivity index (χ1n) is 8.35. The van der Waals surface area contributed by atoms with Crippen LogP contribution in [0.5, 0.6) is 0 Å². The van der Waals surface area contributed by atoms with Crippen molar-refractivity contribution < 1.29 is 9.90 Å². The summed E-state index contributed by atoms with van der Waals surface area (Å²) < 4.78 is 0. The van der Waals surface area contributed by atoms with Gasteiger partial charge in [-0.3, -0.25) is 10.1 Å². The van der Waals surface area contributed by atoms with Crippen LogP contribution in [0.3, 0.4) is 0 Å². The number of carboxylic acid groups (broad SMARTS) is 1. The second kappa shape index (κ2) is 7.07. The van der Waals surface area contributed by atoms with Gasteiger partial charge in [-0.1, -0.05) is 0 Å². The SMILES string of the molecule is CC(C)NC(C)(CCN1CCN(CC2CC2)CC1)C(=O)O. The van der Waals surface area contributed by atoms with Gasteiger partial charge in [-0.15, -0.1) is 0 Å². The normalized spacial score (nSPS) is 24.2. The fourth-order valence-corrected chi connectivity index (χ4v) is 3.12. The number of piperazine rings is 1. The van der Waals surface area contributed by atoms with Crippen molar-refractivity contribution in [1.29, 1.82) is 0 Å². The van der Waals surface area contributed by atoms with Gasteiger partial charge >= 0.3 is 5.97 Å². The molecular weight excluding hydrogens is 266 g/mol. The third-order valence-electron chi connectivity index (χ3n) is 4.69. The van der Waals surface area contributed by atoms with Crippen molar-refractivity contribution in [3.63, 3.8) is 0 Å². The number of nitrogens with one attached hydrogen (secondary N) is 1. The molecule has 2 aliphatic rings. The van der Waals surface area contributed by atoms with Crippen LogP contribution in [0.1, 0.15) is 40.0 Å². The summed E-state index contributed by atoms with van der Waals surface area (Å²) in [4.78, 5) is 16.5. The fourth-order valence-electron chi connectivity index (χ4n) is 3.12. The van der Waals surface area contributed by atoms with Gasteiger partial charge in [-0.2, -0.15) is 0 Å². The van der Waals surface area contributed by atoms with E-state index in [4.69, 9.17) is 0 Å². The minimum atomic E-state index is -0.820. The van der Waals surface area contributed by atoms with Crippen LogP contribution < -0.4 is 5.32 Å². The molecule has 0 spiro atoms. The molecule has 1 atom stereocenters. The van der Waals surface area contributed by atoms with Gasteiger partial charge in [0.1, 0.15) is 5.54 Å². The Hall–Kier alpha value is -0.650. The van der Waals surface area contributed by atoms with Crippen molar-refractivity contribution in [3.05, 3.63) is 0 Å². The van der Waals surface area contributed by atoms with E-state index < -0.39 is 11.5 Å². The number of aliphatic carboxylic acids is 1. The van der Waals surface area contributed by atoms with Gasteiger partial charge in [-0.25, -0.2) is 0 Å². The summed E-state index contributed by atoms with van der Waals surface area (Å²) in [5.74, 6) is 0.214. The Bertz CT molecular complexity index is 349. The van der Waals surface area contributed by atoms with E-state index >= 15 is 0 Å². The molecule has 1 saturated carbocycles. The van der Waals surface area contributed by atoms with Gasteiger partial charge in [0.2, 0.25) is 0 Å². The zero-order valence-electron chi connectivity index (χ0n) is 13.8. The fraction of sp³-hybridized carbons (Fsp3) is 0.938. The van der Waals surface area contributed by atoms with Crippen LogP contribution in [0.25, 0.3) is 0 Å². The lowest BCUT2D eigenvalue weighted by molar-refractivity contribution is -0.145. The molecule has 1 saturated heterocycles. The summed E-state index contributed by atoms with van der Waals surface area (Å²) in [5, 5.41) is 12.7. The van der Waals surface area contributed by atoms with Crippen molar-refractivity contribution in [2.45, 2.75) is 51.6 Å². The summed E-state index contributed by atoms with van der Waals surface area (Å²) in [6, 6.07) is 0.182. The number of carbonyl (C=O) groups is 1. The van der Waals surface area contributed by atoms with Crippen LogP contribution in [-0.4, -0.2) is 71.7 Å². The van der Waals surface area contributed by atoms with Gasteiger partial charge in [-0.05, 0) is 46.0 Å². The molecule has 0 bridgehead atoms. The molecule has 1 heterocycles. The molecule has 122 valence electrons. The summed E-state index contributed by atoms with van der Waals surface area (Å²) in [6.07, 6.45) is 3.49. The Balaban J connectivity index is 1.72. The van der Waals surface area contributed by atoms with E-state index in [0.29, 0.717) is 6.42 Å². The van der Waals surface area contributed by atoms with Crippen LogP contribution >= 0.6 is 0 Å². The van der Waals surface area contributed by atoms with E-state index in [1.165, 1.54) is 19.4 Å². The van der Waals surface area contributed by atoms with Crippen LogP contribution in [-0.2, 0) is 4.79 Å². The van der Waals surface area contributed by atoms with Crippen LogP contribution in [0, 0.1) is 5.92 Å². The van der Waals surface area contributed by atoms with E-state index in [0.717, 1.165) is 38.6 Å². The average molecular weight is 297 g/mol. The molecular formula is C16H31N3O2. The van der Waals surface area contributed by atoms with Crippen molar-refractivity contribution in [1.82, 2.24) is 15.1 Å². The molecule has 2 fully saturated rings. The number of carboxylic acids is 1. The van der Waals surface area contributed by atoms with Crippen molar-refractivity contribution in [2.75, 3.05) is 39.3 Å². The molecule has 5 heteroatoms. The van der Waals surface area contributed by atoms with E-state index in [1.54, 1.807) is 6.92 Å². The zero-order chi connectivity index (χ0) is 15.5. The molecule has 1 aliphatic carbocycles. The third-order valence-corrected chi connectivity index (χ3v) is 4.69. The van der Waals surface area contributed by atoms with E-state index in [2.05, 4.69) is 15.1 Å². The number of rotatable bonds is 8. The Morgan fingerprint density at radius 2 is 1.81 bits per heavy atom. The predicted octanol–water partition coefficient (Wildman–Crippen LogP) is 1.25. The Kier molecular flexibility index (Phi) is 5.63. The summed E-state index contributed by atoms with van der Waals surface area (Å²) >= 11 is 0. The molecule has 0 aromatic carbocycles. The molecule has 1 aliphatic heterocycles. The monoisotopic (exact) mass is 297 g/mol. The first kappa shape index (κ1) is 16.7. The van der Waals surface area contributed by atoms with Gasteiger partial charge in [0.15, 0.2) is 0 Å². The highest BCUT2D eigenvalue weighted by molar-refractivity contribution is 5.78. The maximum atomic E-state index is 11.5. The lowest BCUT2D eigenvalue weighted by Gasteiger charge is -2.37. The largest absolute Gasteiger partial charge is 0.480 e. The van der Waals surface area contributed by atoms with Crippen LogP contribution in [0.15, 0.2) is 0 Å². The maximum absolute atomic E-state index is 11.5. The van der Waals surface area contributed by atoms with Gasteiger partial charge < -0.3 is 14.9 Å². The third kappa shape index (κ3) is 5.24. The molecule has 0 aromatic heterocycles. The van der Waals surface area contributed by atoms with Gasteiger partial charge in [0, 0.05) is 45.3 Å². The van der Waals surface area contributed by atoms with Gasteiger partial charge in [0.25, 0.3) is 0 Å². The van der Waals surface area contributed by atoms with Crippen LogP contribution in [0.2, 0.25) is 0 Å². The number of nitrogens with zero attached hydrogens (tertiary/aromatic N) is 2. The Morgan fingerprint density at radius 1 is 1.24 bits per heavy atom. The highest BCUT2D eigenvalue weighted by Crippen LogP contribution is 2.29. The zero-order valence-corrected chi connectivity index (χ0v) is 13.8. The summed E-state index contributed by atoms with van der Waals surface area (Å²) in [5.41, 5.74) is -0.820. The minimum Gasteiger partial charge on any atom is -0.480 e. The summed E-state index contributed by atoms with van der Waals surface area (Å²) in [6.45, 7) is 12.4. The first-order valence-corrected chi connectivity index (χ1v) is 8.35. The lowest BCUT2D eigenvalue weighted by Crippen LogP contribution is -2.55. The summed E-state index contributed by atoms with van der Waals surface area (Å²) in [7, 11) is 0. The second-order valence-corrected chi connectivity index (χ2v) is 7.27. The molecule has 21 heavy (non-hydrogen) atoms. The van der Waals surface area contributed by atoms with E-state index in [9.17, 15) is 9.90 Å². The highest BCUT2D eigenvalue weighted by atomic mass is 16.4. The van der Waals surface area contributed by atoms with Crippen molar-refractivity contribution in [3.8, 4) is 0 Å². The molecule has 0 radical (unpaired) electrons. The standard InChI is InChI=1S/C16H31N3O2/c1-13(2)17-16(3,15(20)21)6-7-18-8-10-19(11-9-18)12-14-4-5-14/h13-14,17H,4-12H2,1-3H3,(H,20,21). The Morgan fingerprint density at radius 3 is 2.29 bits per heavy atom. The quantitative estimate of drug-likeness (QED) is 0.706. The minimum absolute atomic E-state index is 0.182. The smallest absolute Gasteiger partial charge is 0.323 e. The lowest BCUT2D eigenvalue weighted by atomic mass is 9.96. The topological polar surface area (TPSA) is 55.8 Å². The average Bonchev–Trinajstić information content (AvgIpc) is 3.21. The van der Waals surface area contributed by atoms with E-state index in [-0.39, 0.29) is 6.04 Å². The molecule has 0 aromatic rings. The predicted molar refractivity (Wildman–Crippen MR) is 84.5 cm³/mol. The van der Waals surface area contributed by atoms with E-state index in [1.807, 2.05) is 13.8 Å². The number of hydrogen-bond acceptors (Lipinski definition) is 4. The molecule has 1 unspecified atom stereocenters. The van der Waals surface area contributed by atoms with Crippen molar-refractivity contribution >= 4 is 5.97 Å². The maximum Gasteiger partial charge on any atom is 0.323 e. The molecule has 0 amide bonds. The Labute approximate surface area is 128 Å². The highest BCUT2D eigenvalue weighted by Gasteiger charge is 2.34. The molecule has 2 N–H and O–H groups in total.